The Morgan fingerprint density at radius 2 is 1.48 bits per heavy atom. The highest BCUT2D eigenvalue weighted by Crippen LogP contribution is 2.44. The van der Waals surface area contributed by atoms with E-state index in [0.29, 0.717) is 0 Å². The summed E-state index contributed by atoms with van der Waals surface area (Å²) >= 11 is 0. The van der Waals surface area contributed by atoms with Gasteiger partial charge < -0.3 is 4.90 Å². The van der Waals surface area contributed by atoms with Crippen molar-refractivity contribution in [1.82, 2.24) is 4.90 Å². The SMILES string of the molecule is C=CCC1(CCN(C)C)c2ccccc2CCc2ccccc21. The van der Waals surface area contributed by atoms with Gasteiger partial charge in [0.2, 0.25) is 0 Å². The van der Waals surface area contributed by atoms with Crippen molar-refractivity contribution in [2.45, 2.75) is 31.1 Å². The Labute approximate surface area is 140 Å². The molecule has 0 unspecified atom stereocenters. The number of hydrogen-bond donors (Lipinski definition) is 0. The summed E-state index contributed by atoms with van der Waals surface area (Å²) in [6, 6.07) is 18.1. The number of allylic oxidation sites excluding steroid dienone is 1. The molecular formula is C22H27N. The Balaban J connectivity index is 2.22. The summed E-state index contributed by atoms with van der Waals surface area (Å²) in [4.78, 5) is 2.29. The van der Waals surface area contributed by atoms with Gasteiger partial charge in [0.15, 0.2) is 0 Å². The average molecular weight is 305 g/mol. The quantitative estimate of drug-likeness (QED) is 0.730. The standard InChI is InChI=1S/C22H27N/c1-4-15-22(16-17-23(2)3)20-11-7-5-9-18(20)13-14-19-10-6-8-12-21(19)22/h4-12H,1,13-17H2,2-3H3. The average Bonchev–Trinajstić information content (AvgIpc) is 2.70. The lowest BCUT2D eigenvalue weighted by molar-refractivity contribution is 0.343. The van der Waals surface area contributed by atoms with Gasteiger partial charge in [0.1, 0.15) is 0 Å². The van der Waals surface area contributed by atoms with Gasteiger partial charge in [0, 0.05) is 5.41 Å². The highest BCUT2D eigenvalue weighted by atomic mass is 15.0. The van der Waals surface area contributed by atoms with E-state index in [4.69, 9.17) is 0 Å². The van der Waals surface area contributed by atoms with Crippen LogP contribution in [0.25, 0.3) is 0 Å². The molecule has 0 saturated heterocycles. The smallest absolute Gasteiger partial charge is 0.0254 e. The Kier molecular flexibility index (Phi) is 4.68. The molecule has 2 aromatic carbocycles. The molecule has 0 bridgehead atoms. The van der Waals surface area contributed by atoms with Gasteiger partial charge in [-0.15, -0.1) is 6.58 Å². The van der Waals surface area contributed by atoms with Crippen LogP contribution in [0.3, 0.4) is 0 Å². The van der Waals surface area contributed by atoms with Crippen molar-refractivity contribution in [3.8, 4) is 0 Å². The van der Waals surface area contributed by atoms with Crippen LogP contribution in [0.5, 0.6) is 0 Å². The molecule has 2 aromatic rings. The number of hydrogen-bond acceptors (Lipinski definition) is 1. The van der Waals surface area contributed by atoms with E-state index >= 15 is 0 Å². The monoisotopic (exact) mass is 305 g/mol. The molecule has 0 spiro atoms. The molecule has 1 aliphatic rings. The summed E-state index contributed by atoms with van der Waals surface area (Å²) < 4.78 is 0. The van der Waals surface area contributed by atoms with Crippen molar-refractivity contribution in [3.63, 3.8) is 0 Å². The zero-order valence-corrected chi connectivity index (χ0v) is 14.4. The minimum absolute atomic E-state index is 0.0513. The Bertz CT molecular complexity index is 636. The molecule has 1 aliphatic carbocycles. The normalized spacial score (nSPS) is 15.6. The van der Waals surface area contributed by atoms with Gasteiger partial charge in [-0.25, -0.2) is 0 Å². The summed E-state index contributed by atoms with van der Waals surface area (Å²) in [6.45, 7) is 5.17. The van der Waals surface area contributed by atoms with Crippen LogP contribution in [0.2, 0.25) is 0 Å². The van der Waals surface area contributed by atoms with Crippen molar-refractivity contribution < 1.29 is 0 Å². The third-order valence-corrected chi connectivity index (χ3v) is 5.21. The van der Waals surface area contributed by atoms with E-state index < -0.39 is 0 Å². The van der Waals surface area contributed by atoms with Crippen LogP contribution in [0.15, 0.2) is 61.2 Å². The molecule has 120 valence electrons. The zero-order chi connectivity index (χ0) is 16.3. The Morgan fingerprint density at radius 1 is 0.957 bits per heavy atom. The van der Waals surface area contributed by atoms with Gasteiger partial charge in [-0.1, -0.05) is 54.6 Å². The first-order valence-electron chi connectivity index (χ1n) is 8.60. The molecule has 1 heteroatoms. The van der Waals surface area contributed by atoms with Crippen molar-refractivity contribution in [2.24, 2.45) is 0 Å². The molecule has 0 aliphatic heterocycles. The Hall–Kier alpha value is -1.86. The number of nitrogens with zero attached hydrogens (tertiary/aromatic N) is 1. The molecular weight excluding hydrogens is 278 g/mol. The fourth-order valence-electron chi connectivity index (χ4n) is 4.08. The first-order valence-corrected chi connectivity index (χ1v) is 8.60. The molecule has 0 atom stereocenters. The maximum absolute atomic E-state index is 4.09. The van der Waals surface area contributed by atoms with E-state index in [2.05, 4.69) is 80.2 Å². The Morgan fingerprint density at radius 3 is 1.96 bits per heavy atom. The summed E-state index contributed by atoms with van der Waals surface area (Å²) in [5.41, 5.74) is 6.07. The van der Waals surface area contributed by atoms with Crippen LogP contribution in [-0.2, 0) is 18.3 Å². The van der Waals surface area contributed by atoms with Gasteiger partial charge in [-0.05, 0) is 68.6 Å². The lowest BCUT2D eigenvalue weighted by atomic mass is 9.68. The zero-order valence-electron chi connectivity index (χ0n) is 14.4. The number of rotatable bonds is 5. The van der Waals surface area contributed by atoms with E-state index in [1.807, 2.05) is 0 Å². The highest BCUT2D eigenvalue weighted by molar-refractivity contribution is 5.50. The van der Waals surface area contributed by atoms with Crippen molar-refractivity contribution in [2.75, 3.05) is 20.6 Å². The third-order valence-electron chi connectivity index (χ3n) is 5.21. The summed E-state index contributed by atoms with van der Waals surface area (Å²) in [5.74, 6) is 0. The molecule has 23 heavy (non-hydrogen) atoms. The minimum atomic E-state index is 0.0513. The predicted molar refractivity (Wildman–Crippen MR) is 99.1 cm³/mol. The maximum atomic E-state index is 4.09. The number of fused-ring (bicyclic) bond motifs is 2. The van der Waals surface area contributed by atoms with Crippen molar-refractivity contribution in [3.05, 3.63) is 83.4 Å². The molecule has 0 aromatic heterocycles. The van der Waals surface area contributed by atoms with Crippen LogP contribution in [-0.4, -0.2) is 25.5 Å². The fourth-order valence-corrected chi connectivity index (χ4v) is 4.08. The maximum Gasteiger partial charge on any atom is 0.0254 e. The minimum Gasteiger partial charge on any atom is -0.309 e. The summed E-state index contributed by atoms with van der Waals surface area (Å²) in [5, 5.41) is 0. The van der Waals surface area contributed by atoms with Crippen molar-refractivity contribution in [1.29, 1.82) is 0 Å². The first kappa shape index (κ1) is 16.0. The molecule has 0 heterocycles. The highest BCUT2D eigenvalue weighted by Gasteiger charge is 2.37. The largest absolute Gasteiger partial charge is 0.309 e. The van der Waals surface area contributed by atoms with E-state index in [9.17, 15) is 0 Å². The van der Waals surface area contributed by atoms with E-state index in [1.165, 1.54) is 22.3 Å². The molecule has 0 fully saturated rings. The fraction of sp³-hybridized carbons (Fsp3) is 0.364. The molecule has 3 rings (SSSR count). The molecule has 0 N–H and O–H groups in total. The van der Waals surface area contributed by atoms with Gasteiger partial charge in [-0.3, -0.25) is 0 Å². The predicted octanol–water partition coefficient (Wildman–Crippen LogP) is 4.60. The molecule has 1 nitrogen and oxygen atoms in total. The summed E-state index contributed by atoms with van der Waals surface area (Å²) in [6.07, 6.45) is 6.49. The molecule has 0 saturated carbocycles. The van der Waals surface area contributed by atoms with Gasteiger partial charge in [-0.2, -0.15) is 0 Å². The third kappa shape index (κ3) is 2.98. The summed E-state index contributed by atoms with van der Waals surface area (Å²) in [7, 11) is 4.33. The lowest BCUT2D eigenvalue weighted by Crippen LogP contribution is -2.32. The van der Waals surface area contributed by atoms with Crippen LogP contribution >= 0.6 is 0 Å². The first-order chi connectivity index (χ1) is 11.2. The van der Waals surface area contributed by atoms with E-state index in [1.54, 1.807) is 0 Å². The second kappa shape index (κ2) is 6.72. The topological polar surface area (TPSA) is 3.24 Å². The lowest BCUT2D eigenvalue weighted by Gasteiger charge is -2.37. The molecule has 0 radical (unpaired) electrons. The van der Waals surface area contributed by atoms with Crippen LogP contribution in [0.4, 0.5) is 0 Å². The second-order valence-electron chi connectivity index (χ2n) is 6.94. The van der Waals surface area contributed by atoms with Gasteiger partial charge >= 0.3 is 0 Å². The van der Waals surface area contributed by atoms with Gasteiger partial charge in [0.05, 0.1) is 0 Å². The second-order valence-corrected chi connectivity index (χ2v) is 6.94. The van der Waals surface area contributed by atoms with Crippen LogP contribution in [0, 0.1) is 0 Å². The van der Waals surface area contributed by atoms with Crippen LogP contribution in [0.1, 0.15) is 35.1 Å². The van der Waals surface area contributed by atoms with Gasteiger partial charge in [0.25, 0.3) is 0 Å². The molecule has 0 amide bonds. The number of aryl methyl sites for hydroxylation is 2. The number of benzene rings is 2. The van der Waals surface area contributed by atoms with E-state index in [-0.39, 0.29) is 5.41 Å². The van der Waals surface area contributed by atoms with Crippen molar-refractivity contribution >= 4 is 0 Å². The van der Waals surface area contributed by atoms with Crippen LogP contribution < -0.4 is 0 Å². The van der Waals surface area contributed by atoms with E-state index in [0.717, 1.165) is 32.2 Å².